The van der Waals surface area contributed by atoms with Crippen molar-refractivity contribution < 1.29 is 4.79 Å². The Morgan fingerprint density at radius 1 is 1.31 bits per heavy atom. The number of amides is 1. The molecule has 2 N–H and O–H groups in total. The van der Waals surface area contributed by atoms with Gasteiger partial charge in [0.25, 0.3) is 0 Å². The largest absolute Gasteiger partial charge is 0.358 e. The Bertz CT molecular complexity index is 848. The molecule has 1 saturated heterocycles. The summed E-state index contributed by atoms with van der Waals surface area (Å²) in [7, 11) is 0. The van der Waals surface area contributed by atoms with E-state index in [0.717, 1.165) is 19.5 Å². The first-order chi connectivity index (χ1) is 14.1. The van der Waals surface area contributed by atoms with E-state index in [4.69, 9.17) is 5.26 Å². The van der Waals surface area contributed by atoms with E-state index in [1.165, 1.54) is 5.56 Å². The molecular formula is C22H28N6O. The average molecular weight is 393 g/mol. The molecule has 152 valence electrons. The van der Waals surface area contributed by atoms with Crippen LogP contribution in [0.2, 0.25) is 0 Å². The van der Waals surface area contributed by atoms with Crippen molar-refractivity contribution in [3.63, 3.8) is 0 Å². The first kappa shape index (κ1) is 20.6. The highest BCUT2D eigenvalue weighted by Gasteiger charge is 2.26. The standard InChI is InChI=1S/C22H28N6O/c1-16(2)14-19(21(29)24-12-10-23)26-20-8-11-25-22(27-20)28-13-9-18(15-28)17-6-4-3-5-7-17/h3-8,11,16,18-19H,9,12-15H2,1-2H3,(H,24,29)(H,25,26,27)/t18?,19-/m0/s1. The van der Waals surface area contributed by atoms with Crippen LogP contribution in [0.4, 0.5) is 11.8 Å². The highest BCUT2D eigenvalue weighted by molar-refractivity contribution is 5.84. The van der Waals surface area contributed by atoms with Gasteiger partial charge in [0.15, 0.2) is 0 Å². The topological polar surface area (TPSA) is 93.9 Å². The van der Waals surface area contributed by atoms with Crippen molar-refractivity contribution in [2.75, 3.05) is 29.9 Å². The van der Waals surface area contributed by atoms with Crippen molar-refractivity contribution in [3.05, 3.63) is 48.2 Å². The number of hydrogen-bond donors (Lipinski definition) is 2. The van der Waals surface area contributed by atoms with Gasteiger partial charge in [-0.15, -0.1) is 0 Å². The molecular weight excluding hydrogens is 364 g/mol. The van der Waals surface area contributed by atoms with Crippen LogP contribution < -0.4 is 15.5 Å². The Kier molecular flexibility index (Phi) is 7.01. The molecule has 1 aliphatic heterocycles. The Morgan fingerprint density at radius 2 is 2.10 bits per heavy atom. The maximum Gasteiger partial charge on any atom is 0.243 e. The quantitative estimate of drug-likeness (QED) is 0.671. The maximum absolute atomic E-state index is 12.4. The van der Waals surface area contributed by atoms with E-state index in [-0.39, 0.29) is 12.5 Å². The van der Waals surface area contributed by atoms with Crippen LogP contribution in [0.3, 0.4) is 0 Å². The molecule has 0 saturated carbocycles. The molecule has 2 atom stereocenters. The van der Waals surface area contributed by atoms with Crippen molar-refractivity contribution in [1.82, 2.24) is 15.3 Å². The molecule has 0 aliphatic carbocycles. The lowest BCUT2D eigenvalue weighted by Crippen LogP contribution is -2.41. The third kappa shape index (κ3) is 5.67. The van der Waals surface area contributed by atoms with Crippen LogP contribution >= 0.6 is 0 Å². The molecule has 1 amide bonds. The highest BCUT2D eigenvalue weighted by Crippen LogP contribution is 2.29. The molecule has 7 nitrogen and oxygen atoms in total. The summed E-state index contributed by atoms with van der Waals surface area (Å²) in [6.45, 7) is 5.91. The molecule has 1 aromatic carbocycles. The summed E-state index contributed by atoms with van der Waals surface area (Å²) in [4.78, 5) is 23.7. The lowest BCUT2D eigenvalue weighted by Gasteiger charge is -2.21. The van der Waals surface area contributed by atoms with Crippen molar-refractivity contribution in [2.24, 2.45) is 5.92 Å². The van der Waals surface area contributed by atoms with Gasteiger partial charge < -0.3 is 15.5 Å². The summed E-state index contributed by atoms with van der Waals surface area (Å²) < 4.78 is 0. The van der Waals surface area contributed by atoms with Crippen LogP contribution in [0.25, 0.3) is 0 Å². The Balaban J connectivity index is 1.68. The number of carbonyl (C=O) groups excluding carboxylic acids is 1. The second-order valence-electron chi connectivity index (χ2n) is 7.79. The van der Waals surface area contributed by atoms with Crippen LogP contribution in [-0.2, 0) is 4.79 Å². The third-order valence-electron chi connectivity index (χ3n) is 5.07. The molecule has 7 heteroatoms. The monoisotopic (exact) mass is 392 g/mol. The number of anilines is 2. The summed E-state index contributed by atoms with van der Waals surface area (Å²) in [5.41, 5.74) is 1.34. The molecule has 1 fully saturated rings. The van der Waals surface area contributed by atoms with Gasteiger partial charge in [-0.1, -0.05) is 44.2 Å². The number of benzene rings is 1. The highest BCUT2D eigenvalue weighted by atomic mass is 16.2. The van der Waals surface area contributed by atoms with E-state index >= 15 is 0 Å². The minimum absolute atomic E-state index is 0.00121. The van der Waals surface area contributed by atoms with Crippen molar-refractivity contribution in [3.8, 4) is 6.07 Å². The van der Waals surface area contributed by atoms with Gasteiger partial charge in [-0.25, -0.2) is 4.98 Å². The van der Waals surface area contributed by atoms with E-state index in [1.807, 2.05) is 12.1 Å². The van der Waals surface area contributed by atoms with Crippen LogP contribution in [0.5, 0.6) is 0 Å². The SMILES string of the molecule is CC(C)C[C@H](Nc1ccnc(N2CCC(c3ccccc3)C2)n1)C(=O)NCC#N. The summed E-state index contributed by atoms with van der Waals surface area (Å²) in [6, 6.07) is 13.8. The summed E-state index contributed by atoms with van der Waals surface area (Å²) >= 11 is 0. The molecule has 1 aliphatic rings. The van der Waals surface area contributed by atoms with Gasteiger partial charge in [-0.05, 0) is 30.4 Å². The zero-order valence-electron chi connectivity index (χ0n) is 17.0. The lowest BCUT2D eigenvalue weighted by atomic mass is 9.99. The molecule has 1 unspecified atom stereocenters. The summed E-state index contributed by atoms with van der Waals surface area (Å²) in [5.74, 6) is 1.91. The second-order valence-corrected chi connectivity index (χ2v) is 7.79. The number of aromatic nitrogens is 2. The van der Waals surface area contributed by atoms with Gasteiger partial charge in [-0.2, -0.15) is 10.2 Å². The number of nitrogens with zero attached hydrogens (tertiary/aromatic N) is 4. The Labute approximate surface area is 172 Å². The minimum Gasteiger partial charge on any atom is -0.358 e. The molecule has 2 heterocycles. The fourth-order valence-electron chi connectivity index (χ4n) is 3.65. The van der Waals surface area contributed by atoms with E-state index in [1.54, 1.807) is 12.3 Å². The first-order valence-corrected chi connectivity index (χ1v) is 10.1. The number of hydrogen-bond acceptors (Lipinski definition) is 6. The fraction of sp³-hybridized carbons (Fsp3) is 0.455. The van der Waals surface area contributed by atoms with E-state index in [0.29, 0.717) is 30.0 Å². The average Bonchev–Trinajstić information content (AvgIpc) is 3.22. The predicted molar refractivity (Wildman–Crippen MR) is 114 cm³/mol. The molecule has 29 heavy (non-hydrogen) atoms. The summed E-state index contributed by atoms with van der Waals surface area (Å²) in [6.07, 6.45) is 3.44. The molecule has 0 bridgehead atoms. The Hall–Kier alpha value is -3.14. The molecule has 0 radical (unpaired) electrons. The Morgan fingerprint density at radius 3 is 2.83 bits per heavy atom. The lowest BCUT2D eigenvalue weighted by molar-refractivity contribution is -0.121. The van der Waals surface area contributed by atoms with Crippen LogP contribution in [0.1, 0.15) is 38.2 Å². The van der Waals surface area contributed by atoms with Gasteiger partial charge in [-0.3, -0.25) is 4.79 Å². The van der Waals surface area contributed by atoms with Crippen molar-refractivity contribution >= 4 is 17.7 Å². The van der Waals surface area contributed by atoms with Gasteiger partial charge in [0.1, 0.15) is 18.4 Å². The normalized spacial score (nSPS) is 17.0. The molecule has 1 aromatic heterocycles. The van der Waals surface area contributed by atoms with Gasteiger partial charge in [0, 0.05) is 25.2 Å². The van der Waals surface area contributed by atoms with Gasteiger partial charge in [0.2, 0.25) is 11.9 Å². The van der Waals surface area contributed by atoms with Crippen LogP contribution in [0, 0.1) is 17.2 Å². The van der Waals surface area contributed by atoms with Crippen molar-refractivity contribution in [2.45, 2.75) is 38.6 Å². The molecule has 3 rings (SSSR count). The summed E-state index contributed by atoms with van der Waals surface area (Å²) in [5, 5.41) is 14.6. The minimum atomic E-state index is -0.443. The third-order valence-corrected chi connectivity index (χ3v) is 5.07. The van der Waals surface area contributed by atoms with Crippen molar-refractivity contribution in [1.29, 1.82) is 5.26 Å². The van der Waals surface area contributed by atoms with E-state index in [2.05, 4.69) is 63.6 Å². The predicted octanol–water partition coefficient (Wildman–Crippen LogP) is 2.94. The maximum atomic E-state index is 12.4. The van der Waals surface area contributed by atoms with Gasteiger partial charge in [0.05, 0.1) is 6.07 Å². The number of nitrogens with one attached hydrogen (secondary N) is 2. The fourth-order valence-corrected chi connectivity index (χ4v) is 3.65. The zero-order valence-corrected chi connectivity index (χ0v) is 17.0. The number of rotatable bonds is 8. The van der Waals surface area contributed by atoms with E-state index in [9.17, 15) is 4.79 Å². The number of carbonyl (C=O) groups is 1. The van der Waals surface area contributed by atoms with E-state index < -0.39 is 6.04 Å². The first-order valence-electron chi connectivity index (χ1n) is 10.1. The van der Waals surface area contributed by atoms with Gasteiger partial charge >= 0.3 is 0 Å². The zero-order chi connectivity index (χ0) is 20.6. The smallest absolute Gasteiger partial charge is 0.243 e. The van der Waals surface area contributed by atoms with Crippen LogP contribution in [-0.4, -0.2) is 41.6 Å². The van der Waals surface area contributed by atoms with Crippen LogP contribution in [0.15, 0.2) is 42.6 Å². The molecule has 2 aromatic rings. The molecule has 0 spiro atoms. The second kappa shape index (κ2) is 9.87. The number of nitriles is 1.